The summed E-state index contributed by atoms with van der Waals surface area (Å²) in [4.78, 5) is 13.9. The van der Waals surface area contributed by atoms with Gasteiger partial charge in [-0.1, -0.05) is 12.1 Å². The van der Waals surface area contributed by atoms with Crippen molar-refractivity contribution >= 4 is 18.3 Å². The van der Waals surface area contributed by atoms with Gasteiger partial charge in [0.05, 0.1) is 13.2 Å². The van der Waals surface area contributed by atoms with E-state index in [0.717, 1.165) is 24.2 Å². The number of nitrogens with zero attached hydrogens (tertiary/aromatic N) is 1. The molecule has 0 aliphatic heterocycles. The SMILES string of the molecule is COc1ccc(CN(C(=O)C(C)N)C2CC2)cc1.Cl. The predicted molar refractivity (Wildman–Crippen MR) is 77.5 cm³/mol. The molecule has 1 aromatic carbocycles. The smallest absolute Gasteiger partial charge is 0.239 e. The van der Waals surface area contributed by atoms with Crippen molar-refractivity contribution in [2.24, 2.45) is 5.73 Å². The number of nitrogens with two attached hydrogens (primary N) is 1. The quantitative estimate of drug-likeness (QED) is 0.899. The lowest BCUT2D eigenvalue weighted by molar-refractivity contribution is -0.133. The van der Waals surface area contributed by atoms with E-state index in [1.807, 2.05) is 29.2 Å². The molecule has 4 nitrogen and oxygen atoms in total. The van der Waals surface area contributed by atoms with Gasteiger partial charge in [0.1, 0.15) is 5.75 Å². The summed E-state index contributed by atoms with van der Waals surface area (Å²) in [5.41, 5.74) is 6.80. The van der Waals surface area contributed by atoms with Gasteiger partial charge in [0, 0.05) is 12.6 Å². The van der Waals surface area contributed by atoms with Crippen LogP contribution < -0.4 is 10.5 Å². The van der Waals surface area contributed by atoms with Crippen LogP contribution in [0.5, 0.6) is 5.75 Å². The number of benzene rings is 1. The highest BCUT2D eigenvalue weighted by molar-refractivity contribution is 5.85. The van der Waals surface area contributed by atoms with Gasteiger partial charge in [-0.05, 0) is 37.5 Å². The molecule has 5 heteroatoms. The zero-order valence-electron chi connectivity index (χ0n) is 11.3. The van der Waals surface area contributed by atoms with Gasteiger partial charge < -0.3 is 15.4 Å². The Morgan fingerprint density at radius 3 is 2.42 bits per heavy atom. The molecule has 1 aromatic rings. The third-order valence-corrected chi connectivity index (χ3v) is 3.17. The summed E-state index contributed by atoms with van der Waals surface area (Å²) in [7, 11) is 1.64. The number of methoxy groups -OCH3 is 1. The molecule has 0 spiro atoms. The predicted octanol–water partition coefficient (Wildman–Crippen LogP) is 1.96. The molecule has 2 N–H and O–H groups in total. The number of ether oxygens (including phenoxy) is 1. The van der Waals surface area contributed by atoms with Crippen molar-refractivity contribution in [1.82, 2.24) is 4.90 Å². The van der Waals surface area contributed by atoms with E-state index >= 15 is 0 Å². The van der Waals surface area contributed by atoms with Gasteiger partial charge in [-0.25, -0.2) is 0 Å². The van der Waals surface area contributed by atoms with Crippen LogP contribution in [-0.2, 0) is 11.3 Å². The second kappa shape index (κ2) is 6.78. The molecule has 2 rings (SSSR count). The summed E-state index contributed by atoms with van der Waals surface area (Å²) in [5, 5.41) is 0. The molecule has 1 atom stereocenters. The molecule has 0 bridgehead atoms. The lowest BCUT2D eigenvalue weighted by atomic mass is 10.2. The van der Waals surface area contributed by atoms with Gasteiger partial charge in [-0.15, -0.1) is 12.4 Å². The van der Waals surface area contributed by atoms with Gasteiger partial charge in [0.15, 0.2) is 0 Å². The summed E-state index contributed by atoms with van der Waals surface area (Å²) in [6.07, 6.45) is 2.18. The van der Waals surface area contributed by atoms with Gasteiger partial charge in [0.25, 0.3) is 0 Å². The number of halogens is 1. The maximum absolute atomic E-state index is 12.0. The van der Waals surface area contributed by atoms with Crippen molar-refractivity contribution in [3.8, 4) is 5.75 Å². The van der Waals surface area contributed by atoms with E-state index in [1.54, 1.807) is 14.0 Å². The van der Waals surface area contributed by atoms with Crippen molar-refractivity contribution in [1.29, 1.82) is 0 Å². The van der Waals surface area contributed by atoms with Gasteiger partial charge in [0.2, 0.25) is 5.91 Å². The van der Waals surface area contributed by atoms with Crippen LogP contribution in [0.3, 0.4) is 0 Å². The lowest BCUT2D eigenvalue weighted by Crippen LogP contribution is -2.42. The van der Waals surface area contributed by atoms with Crippen molar-refractivity contribution in [2.75, 3.05) is 7.11 Å². The Morgan fingerprint density at radius 2 is 2.00 bits per heavy atom. The Morgan fingerprint density at radius 1 is 1.42 bits per heavy atom. The Hall–Kier alpha value is -1.26. The molecule has 1 fully saturated rings. The Labute approximate surface area is 120 Å². The summed E-state index contributed by atoms with van der Waals surface area (Å²) < 4.78 is 5.12. The molecular weight excluding hydrogens is 264 g/mol. The first kappa shape index (κ1) is 15.8. The highest BCUT2D eigenvalue weighted by atomic mass is 35.5. The van der Waals surface area contributed by atoms with Crippen molar-refractivity contribution in [3.05, 3.63) is 29.8 Å². The Balaban J connectivity index is 0.00000180. The first-order chi connectivity index (χ1) is 8.61. The highest BCUT2D eigenvalue weighted by Gasteiger charge is 2.33. The van der Waals surface area contributed by atoms with E-state index in [4.69, 9.17) is 10.5 Å². The van der Waals surface area contributed by atoms with E-state index in [2.05, 4.69) is 0 Å². The molecule has 0 radical (unpaired) electrons. The summed E-state index contributed by atoms with van der Waals surface area (Å²) >= 11 is 0. The molecule has 1 saturated carbocycles. The average Bonchev–Trinajstić information content (AvgIpc) is 3.20. The van der Waals surface area contributed by atoms with Crippen LogP contribution in [0.15, 0.2) is 24.3 Å². The minimum atomic E-state index is -0.427. The monoisotopic (exact) mass is 284 g/mol. The standard InChI is InChI=1S/C14H20N2O2.ClH/c1-10(15)14(17)16(12-5-6-12)9-11-3-7-13(18-2)8-4-11;/h3-4,7-8,10,12H,5-6,9,15H2,1-2H3;1H. The number of amides is 1. The molecule has 0 aromatic heterocycles. The molecule has 1 amide bonds. The number of hydrogen-bond acceptors (Lipinski definition) is 3. The molecule has 1 unspecified atom stereocenters. The average molecular weight is 285 g/mol. The first-order valence-electron chi connectivity index (χ1n) is 6.31. The third-order valence-electron chi connectivity index (χ3n) is 3.17. The van der Waals surface area contributed by atoms with E-state index in [0.29, 0.717) is 12.6 Å². The Bertz CT molecular complexity index is 416. The minimum absolute atomic E-state index is 0. The fraction of sp³-hybridized carbons (Fsp3) is 0.500. The molecule has 106 valence electrons. The van der Waals surface area contributed by atoms with Gasteiger partial charge >= 0.3 is 0 Å². The topological polar surface area (TPSA) is 55.6 Å². The lowest BCUT2D eigenvalue weighted by Gasteiger charge is -2.24. The van der Waals surface area contributed by atoms with Crippen molar-refractivity contribution in [2.45, 2.75) is 38.4 Å². The molecular formula is C14H21ClN2O2. The van der Waals surface area contributed by atoms with Crippen LogP contribution in [-0.4, -0.2) is 30.0 Å². The summed E-state index contributed by atoms with van der Waals surface area (Å²) in [6.45, 7) is 2.38. The van der Waals surface area contributed by atoms with Crippen LogP contribution in [0.1, 0.15) is 25.3 Å². The summed E-state index contributed by atoms with van der Waals surface area (Å²) in [6, 6.07) is 7.76. The van der Waals surface area contributed by atoms with Crippen molar-refractivity contribution < 1.29 is 9.53 Å². The maximum atomic E-state index is 12.0. The molecule has 0 saturated heterocycles. The minimum Gasteiger partial charge on any atom is -0.497 e. The van der Waals surface area contributed by atoms with Crippen LogP contribution in [0.2, 0.25) is 0 Å². The van der Waals surface area contributed by atoms with Crippen LogP contribution >= 0.6 is 12.4 Å². The van der Waals surface area contributed by atoms with E-state index in [1.165, 1.54) is 0 Å². The first-order valence-corrected chi connectivity index (χ1v) is 6.31. The van der Waals surface area contributed by atoms with E-state index in [9.17, 15) is 4.79 Å². The normalized spacial score (nSPS) is 15.3. The van der Waals surface area contributed by atoms with Crippen LogP contribution in [0.25, 0.3) is 0 Å². The van der Waals surface area contributed by atoms with Gasteiger partial charge in [-0.3, -0.25) is 4.79 Å². The van der Waals surface area contributed by atoms with Crippen LogP contribution in [0.4, 0.5) is 0 Å². The molecule has 1 aliphatic carbocycles. The number of carbonyl (C=O) groups excluding carboxylic acids is 1. The zero-order valence-corrected chi connectivity index (χ0v) is 12.2. The number of hydrogen-bond donors (Lipinski definition) is 1. The van der Waals surface area contributed by atoms with E-state index < -0.39 is 6.04 Å². The maximum Gasteiger partial charge on any atom is 0.239 e. The molecule has 1 aliphatic rings. The van der Waals surface area contributed by atoms with E-state index in [-0.39, 0.29) is 18.3 Å². The van der Waals surface area contributed by atoms with Gasteiger partial charge in [-0.2, -0.15) is 0 Å². The number of carbonyl (C=O) groups is 1. The van der Waals surface area contributed by atoms with Crippen molar-refractivity contribution in [3.63, 3.8) is 0 Å². The largest absolute Gasteiger partial charge is 0.497 e. The fourth-order valence-electron chi connectivity index (χ4n) is 1.96. The fourth-order valence-corrected chi connectivity index (χ4v) is 1.96. The third kappa shape index (κ3) is 4.11. The highest BCUT2D eigenvalue weighted by Crippen LogP contribution is 2.29. The second-order valence-corrected chi connectivity index (χ2v) is 4.83. The number of rotatable bonds is 5. The summed E-state index contributed by atoms with van der Waals surface area (Å²) in [5.74, 6) is 0.864. The van der Waals surface area contributed by atoms with Crippen LogP contribution in [0, 0.1) is 0 Å². The Kier molecular flexibility index (Phi) is 5.63. The zero-order chi connectivity index (χ0) is 13.1. The molecule has 0 heterocycles. The molecule has 19 heavy (non-hydrogen) atoms. The second-order valence-electron chi connectivity index (χ2n) is 4.83.